The largest absolute Gasteiger partial charge is 0.372 e. The number of hydrogen-bond acceptors (Lipinski definition) is 1. The van der Waals surface area contributed by atoms with Gasteiger partial charge in [-0.2, -0.15) is 8.78 Å². The lowest BCUT2D eigenvalue weighted by molar-refractivity contribution is -0.134. The second kappa shape index (κ2) is 5.19. The second-order valence-corrected chi connectivity index (χ2v) is 4.26. The zero-order valence-corrected chi connectivity index (χ0v) is 10.5. The summed E-state index contributed by atoms with van der Waals surface area (Å²) in [5, 5.41) is 0. The molecule has 0 aromatic heterocycles. The van der Waals surface area contributed by atoms with Crippen LogP contribution in [0, 0.1) is 5.82 Å². The number of halogens is 4. The number of benzene rings is 1. The first kappa shape index (κ1) is 13.5. The highest BCUT2D eigenvalue weighted by molar-refractivity contribution is 9.10. The van der Waals surface area contributed by atoms with Gasteiger partial charge in [-0.1, -0.05) is 15.9 Å². The fourth-order valence-electron chi connectivity index (χ4n) is 1.33. The molecule has 1 rings (SSSR count). The van der Waals surface area contributed by atoms with Crippen LogP contribution in [0.5, 0.6) is 0 Å². The molecule has 16 heavy (non-hydrogen) atoms. The Morgan fingerprint density at radius 2 is 2.06 bits per heavy atom. The molecule has 0 saturated carbocycles. The van der Waals surface area contributed by atoms with Crippen LogP contribution in [0.4, 0.5) is 13.2 Å². The van der Waals surface area contributed by atoms with E-state index in [2.05, 4.69) is 15.9 Å². The van der Waals surface area contributed by atoms with Gasteiger partial charge in [0.25, 0.3) is 0 Å². The molecule has 90 valence electrons. The summed E-state index contributed by atoms with van der Waals surface area (Å²) >= 11 is 3.01. The third-order valence-electron chi connectivity index (χ3n) is 2.22. The Labute approximate surface area is 101 Å². The Hall–Kier alpha value is -0.550. The summed E-state index contributed by atoms with van der Waals surface area (Å²) < 4.78 is 46.1. The summed E-state index contributed by atoms with van der Waals surface area (Å²) in [5.74, 6) is -4.27. The van der Waals surface area contributed by atoms with Crippen molar-refractivity contribution in [2.45, 2.75) is 25.9 Å². The van der Waals surface area contributed by atoms with Crippen molar-refractivity contribution in [1.82, 2.24) is 0 Å². The fourth-order valence-corrected chi connectivity index (χ4v) is 1.67. The van der Waals surface area contributed by atoms with E-state index in [-0.39, 0.29) is 6.61 Å². The number of hydrogen-bond donors (Lipinski definition) is 0. The van der Waals surface area contributed by atoms with E-state index < -0.39 is 23.4 Å². The van der Waals surface area contributed by atoms with Gasteiger partial charge in [-0.05, 0) is 32.0 Å². The summed E-state index contributed by atoms with van der Waals surface area (Å²) in [6.45, 7) is 3.00. The monoisotopic (exact) mass is 296 g/mol. The zero-order valence-electron chi connectivity index (χ0n) is 8.94. The molecule has 1 unspecified atom stereocenters. The molecule has 0 N–H and O–H groups in total. The smallest absolute Gasteiger partial charge is 0.301 e. The molecule has 0 bridgehead atoms. The van der Waals surface area contributed by atoms with Gasteiger partial charge in [-0.25, -0.2) is 4.39 Å². The van der Waals surface area contributed by atoms with Crippen molar-refractivity contribution in [3.8, 4) is 0 Å². The average molecular weight is 297 g/mol. The van der Waals surface area contributed by atoms with Crippen LogP contribution in [0.2, 0.25) is 0 Å². The van der Waals surface area contributed by atoms with Crippen LogP contribution in [0.15, 0.2) is 22.7 Å². The molecular formula is C11H12BrF3O. The molecule has 0 aliphatic carbocycles. The van der Waals surface area contributed by atoms with E-state index in [1.54, 1.807) is 6.92 Å². The highest BCUT2D eigenvalue weighted by atomic mass is 79.9. The molecule has 1 atom stereocenters. The topological polar surface area (TPSA) is 9.23 Å². The average Bonchev–Trinajstić information content (AvgIpc) is 2.17. The van der Waals surface area contributed by atoms with Gasteiger partial charge in [-0.15, -0.1) is 0 Å². The zero-order chi connectivity index (χ0) is 12.3. The number of alkyl halides is 2. The summed E-state index contributed by atoms with van der Waals surface area (Å²) in [5.41, 5.74) is -0.642. The van der Waals surface area contributed by atoms with Gasteiger partial charge in [0.05, 0.1) is 5.56 Å². The molecular weight excluding hydrogens is 285 g/mol. The molecule has 0 heterocycles. The van der Waals surface area contributed by atoms with Crippen LogP contribution in [0.25, 0.3) is 0 Å². The molecule has 1 aromatic carbocycles. The van der Waals surface area contributed by atoms with Crippen LogP contribution in [-0.4, -0.2) is 12.7 Å². The Bertz CT molecular complexity index is 368. The van der Waals surface area contributed by atoms with Crippen molar-refractivity contribution >= 4 is 15.9 Å². The van der Waals surface area contributed by atoms with E-state index >= 15 is 0 Å². The second-order valence-electron chi connectivity index (χ2n) is 3.34. The van der Waals surface area contributed by atoms with E-state index in [1.807, 2.05) is 0 Å². The fraction of sp³-hybridized carbons (Fsp3) is 0.455. The molecule has 0 saturated heterocycles. The quantitative estimate of drug-likeness (QED) is 0.813. The summed E-state index contributed by atoms with van der Waals surface area (Å²) in [6.07, 6.45) is -1.35. The molecule has 1 nitrogen and oxygen atoms in total. The predicted molar refractivity (Wildman–Crippen MR) is 59.1 cm³/mol. The van der Waals surface area contributed by atoms with E-state index in [0.29, 0.717) is 4.47 Å². The van der Waals surface area contributed by atoms with Gasteiger partial charge in [0.15, 0.2) is 0 Å². The van der Waals surface area contributed by atoms with Crippen molar-refractivity contribution in [3.63, 3.8) is 0 Å². The lowest BCUT2D eigenvalue weighted by atomic mass is 10.0. The van der Waals surface area contributed by atoms with Gasteiger partial charge in [0.1, 0.15) is 11.9 Å². The van der Waals surface area contributed by atoms with Crippen LogP contribution in [0.1, 0.15) is 19.4 Å². The van der Waals surface area contributed by atoms with Gasteiger partial charge in [-0.3, -0.25) is 0 Å². The molecule has 1 aromatic rings. The maximum absolute atomic E-state index is 13.7. The first-order chi connectivity index (χ1) is 7.39. The molecule has 0 amide bonds. The lowest BCUT2D eigenvalue weighted by Gasteiger charge is -2.24. The molecule has 5 heteroatoms. The highest BCUT2D eigenvalue weighted by Gasteiger charge is 2.41. The van der Waals surface area contributed by atoms with E-state index in [1.165, 1.54) is 13.0 Å². The minimum atomic E-state index is -3.33. The Morgan fingerprint density at radius 3 is 2.56 bits per heavy atom. The Morgan fingerprint density at radius 1 is 1.44 bits per heavy atom. The SMILES string of the molecule is CCOC(C)C(F)(F)c1ccc(Br)cc1F. The standard InChI is InChI=1S/C11H12BrF3O/c1-3-16-7(2)11(14,15)9-5-4-8(12)6-10(9)13/h4-7H,3H2,1-2H3. The summed E-state index contributed by atoms with van der Waals surface area (Å²) in [4.78, 5) is 0. The Kier molecular flexibility index (Phi) is 4.38. The normalized spacial score (nSPS) is 13.9. The predicted octanol–water partition coefficient (Wildman–Crippen LogP) is 4.11. The van der Waals surface area contributed by atoms with E-state index in [9.17, 15) is 13.2 Å². The highest BCUT2D eigenvalue weighted by Crippen LogP contribution is 2.35. The minimum absolute atomic E-state index is 0.162. The number of ether oxygens (including phenoxy) is 1. The first-order valence-corrected chi connectivity index (χ1v) is 5.63. The van der Waals surface area contributed by atoms with Gasteiger partial charge >= 0.3 is 5.92 Å². The summed E-state index contributed by atoms with van der Waals surface area (Å²) in [7, 11) is 0. The van der Waals surface area contributed by atoms with Crippen LogP contribution in [0.3, 0.4) is 0 Å². The maximum Gasteiger partial charge on any atom is 0.301 e. The van der Waals surface area contributed by atoms with Gasteiger partial charge in [0.2, 0.25) is 0 Å². The molecule has 0 radical (unpaired) electrons. The molecule has 0 aliphatic rings. The van der Waals surface area contributed by atoms with E-state index in [0.717, 1.165) is 12.1 Å². The van der Waals surface area contributed by atoms with Gasteiger partial charge < -0.3 is 4.74 Å². The van der Waals surface area contributed by atoms with Crippen molar-refractivity contribution in [2.75, 3.05) is 6.61 Å². The minimum Gasteiger partial charge on any atom is -0.372 e. The molecule has 0 aliphatic heterocycles. The maximum atomic E-state index is 13.7. The van der Waals surface area contributed by atoms with Crippen molar-refractivity contribution in [1.29, 1.82) is 0 Å². The van der Waals surface area contributed by atoms with Crippen LogP contribution in [-0.2, 0) is 10.7 Å². The lowest BCUT2D eigenvalue weighted by Crippen LogP contribution is -2.31. The van der Waals surface area contributed by atoms with E-state index in [4.69, 9.17) is 4.74 Å². The third-order valence-corrected chi connectivity index (χ3v) is 2.71. The number of rotatable bonds is 4. The van der Waals surface area contributed by atoms with Crippen molar-refractivity contribution < 1.29 is 17.9 Å². The van der Waals surface area contributed by atoms with Crippen molar-refractivity contribution in [2.24, 2.45) is 0 Å². The third kappa shape index (κ3) is 2.77. The van der Waals surface area contributed by atoms with Crippen LogP contribution >= 0.6 is 15.9 Å². The van der Waals surface area contributed by atoms with Gasteiger partial charge in [0, 0.05) is 11.1 Å². The summed E-state index contributed by atoms with van der Waals surface area (Å²) in [6, 6.07) is 3.46. The molecule has 0 spiro atoms. The Balaban J connectivity index is 3.06. The first-order valence-electron chi connectivity index (χ1n) is 4.84. The molecule has 0 fully saturated rings. The van der Waals surface area contributed by atoms with Crippen molar-refractivity contribution in [3.05, 3.63) is 34.1 Å². The van der Waals surface area contributed by atoms with Crippen LogP contribution < -0.4 is 0 Å².